The fourth-order valence-corrected chi connectivity index (χ4v) is 4.71. The number of unbranched alkanes of at least 4 members (excludes halogenated alkanes) is 5. The standard InChI is InChI=1S/C26H35N3O2S/c1-3-4-5-6-7-8-15-27-25(30)21-13-14-22-23(16-21)29-26(31)24(28-22)18-32-17-20-11-9-19(2)10-12-20/h9-14,16,24,28H,3-8,15,17-18H2,1-2H3,(H,27,30)(H,29,31)/t24-/m0/s1. The van der Waals surface area contributed by atoms with Crippen molar-refractivity contribution < 1.29 is 9.59 Å². The molecule has 0 unspecified atom stereocenters. The second-order valence-electron chi connectivity index (χ2n) is 8.47. The summed E-state index contributed by atoms with van der Waals surface area (Å²) in [6.07, 6.45) is 7.17. The summed E-state index contributed by atoms with van der Waals surface area (Å²) in [4.78, 5) is 25.0. The van der Waals surface area contributed by atoms with E-state index in [4.69, 9.17) is 0 Å². The van der Waals surface area contributed by atoms with Gasteiger partial charge in [-0.1, -0.05) is 68.9 Å². The maximum atomic E-state index is 12.6. The Morgan fingerprint density at radius 1 is 1.00 bits per heavy atom. The molecule has 32 heavy (non-hydrogen) atoms. The zero-order chi connectivity index (χ0) is 22.8. The third-order valence-electron chi connectivity index (χ3n) is 5.68. The van der Waals surface area contributed by atoms with Crippen LogP contribution in [0, 0.1) is 6.92 Å². The van der Waals surface area contributed by atoms with E-state index in [-0.39, 0.29) is 17.9 Å². The second-order valence-corrected chi connectivity index (χ2v) is 9.50. The minimum absolute atomic E-state index is 0.0569. The molecule has 0 radical (unpaired) electrons. The van der Waals surface area contributed by atoms with Crippen LogP contribution in [-0.4, -0.2) is 30.2 Å². The van der Waals surface area contributed by atoms with Crippen LogP contribution in [-0.2, 0) is 10.5 Å². The first-order valence-electron chi connectivity index (χ1n) is 11.7. The van der Waals surface area contributed by atoms with Gasteiger partial charge in [-0.15, -0.1) is 0 Å². The first kappa shape index (κ1) is 24.2. The van der Waals surface area contributed by atoms with Crippen LogP contribution in [0.1, 0.15) is 66.9 Å². The third-order valence-corrected chi connectivity index (χ3v) is 6.78. The van der Waals surface area contributed by atoms with Gasteiger partial charge in [-0.25, -0.2) is 0 Å². The number of amides is 2. The summed E-state index contributed by atoms with van der Waals surface area (Å²) in [6, 6.07) is 13.6. The quantitative estimate of drug-likeness (QED) is 0.358. The molecule has 6 heteroatoms. The highest BCUT2D eigenvalue weighted by molar-refractivity contribution is 7.98. The van der Waals surface area contributed by atoms with E-state index in [1.165, 1.54) is 36.8 Å². The van der Waals surface area contributed by atoms with Crippen LogP contribution in [0.25, 0.3) is 0 Å². The summed E-state index contributed by atoms with van der Waals surface area (Å²) in [5.74, 6) is 1.40. The molecule has 1 atom stereocenters. The summed E-state index contributed by atoms with van der Waals surface area (Å²) >= 11 is 1.73. The van der Waals surface area contributed by atoms with Gasteiger partial charge in [0.1, 0.15) is 6.04 Å². The molecule has 0 saturated heterocycles. The SMILES string of the molecule is CCCCCCCCNC(=O)c1ccc2c(c1)NC(=O)[C@H](CSCc1ccc(C)cc1)N2. The molecular weight excluding hydrogens is 418 g/mol. The smallest absolute Gasteiger partial charge is 0.251 e. The van der Waals surface area contributed by atoms with Crippen molar-refractivity contribution in [3.05, 3.63) is 59.2 Å². The van der Waals surface area contributed by atoms with Crippen molar-refractivity contribution in [2.45, 2.75) is 64.2 Å². The highest BCUT2D eigenvalue weighted by Crippen LogP contribution is 2.29. The zero-order valence-corrected chi connectivity index (χ0v) is 20.0. The minimum Gasteiger partial charge on any atom is -0.371 e. The topological polar surface area (TPSA) is 70.2 Å². The molecule has 172 valence electrons. The van der Waals surface area contributed by atoms with E-state index in [9.17, 15) is 9.59 Å². The Balaban J connectivity index is 1.45. The van der Waals surface area contributed by atoms with Crippen molar-refractivity contribution >= 4 is 35.0 Å². The van der Waals surface area contributed by atoms with Gasteiger partial charge in [-0.3, -0.25) is 9.59 Å². The number of carbonyl (C=O) groups is 2. The van der Waals surface area contributed by atoms with Crippen LogP contribution >= 0.6 is 11.8 Å². The number of fused-ring (bicyclic) bond motifs is 1. The first-order chi connectivity index (χ1) is 15.6. The average Bonchev–Trinajstić information content (AvgIpc) is 2.79. The van der Waals surface area contributed by atoms with Crippen molar-refractivity contribution in [3.8, 4) is 0 Å². The lowest BCUT2D eigenvalue weighted by Crippen LogP contribution is -2.40. The van der Waals surface area contributed by atoms with Gasteiger partial charge in [0.25, 0.3) is 5.91 Å². The first-order valence-corrected chi connectivity index (χ1v) is 12.8. The third kappa shape index (κ3) is 7.30. The Morgan fingerprint density at radius 2 is 1.75 bits per heavy atom. The Bertz CT molecular complexity index is 898. The largest absolute Gasteiger partial charge is 0.371 e. The van der Waals surface area contributed by atoms with Gasteiger partial charge < -0.3 is 16.0 Å². The van der Waals surface area contributed by atoms with Gasteiger partial charge in [0, 0.05) is 23.6 Å². The molecule has 0 fully saturated rings. The fourth-order valence-electron chi connectivity index (χ4n) is 3.69. The van der Waals surface area contributed by atoms with E-state index in [0.717, 1.165) is 24.3 Å². The molecule has 0 bridgehead atoms. The van der Waals surface area contributed by atoms with E-state index >= 15 is 0 Å². The summed E-state index contributed by atoms with van der Waals surface area (Å²) in [7, 11) is 0. The van der Waals surface area contributed by atoms with Gasteiger partial charge in [0.15, 0.2) is 0 Å². The van der Waals surface area contributed by atoms with Crippen molar-refractivity contribution in [1.82, 2.24) is 5.32 Å². The zero-order valence-electron chi connectivity index (χ0n) is 19.2. The number of hydrogen-bond acceptors (Lipinski definition) is 4. The van der Waals surface area contributed by atoms with Crippen molar-refractivity contribution in [1.29, 1.82) is 0 Å². The molecule has 5 nitrogen and oxygen atoms in total. The van der Waals surface area contributed by atoms with Crippen LogP contribution in [0.4, 0.5) is 11.4 Å². The van der Waals surface area contributed by atoms with Gasteiger partial charge in [0.05, 0.1) is 11.4 Å². The van der Waals surface area contributed by atoms with E-state index in [0.29, 0.717) is 23.5 Å². The van der Waals surface area contributed by atoms with Gasteiger partial charge in [0.2, 0.25) is 5.91 Å². The predicted octanol–water partition coefficient (Wildman–Crippen LogP) is 5.75. The monoisotopic (exact) mass is 453 g/mol. The van der Waals surface area contributed by atoms with E-state index < -0.39 is 0 Å². The summed E-state index contributed by atoms with van der Waals surface area (Å²) < 4.78 is 0. The predicted molar refractivity (Wildman–Crippen MR) is 136 cm³/mol. The Hall–Kier alpha value is -2.47. The number of thioether (sulfide) groups is 1. The second kappa shape index (κ2) is 12.5. The Kier molecular flexibility index (Phi) is 9.47. The van der Waals surface area contributed by atoms with Crippen LogP contribution in [0.3, 0.4) is 0 Å². The highest BCUT2D eigenvalue weighted by Gasteiger charge is 2.26. The van der Waals surface area contributed by atoms with Crippen LogP contribution < -0.4 is 16.0 Å². The number of rotatable bonds is 12. The molecule has 1 aliphatic heterocycles. The van der Waals surface area contributed by atoms with Crippen molar-refractivity contribution in [2.75, 3.05) is 22.9 Å². The average molecular weight is 454 g/mol. The number of carbonyl (C=O) groups excluding carboxylic acids is 2. The summed E-state index contributed by atoms with van der Waals surface area (Å²) in [5.41, 5.74) is 4.61. The number of benzene rings is 2. The molecule has 0 aliphatic carbocycles. The lowest BCUT2D eigenvalue weighted by atomic mass is 10.1. The molecule has 1 aliphatic rings. The lowest BCUT2D eigenvalue weighted by molar-refractivity contribution is -0.116. The van der Waals surface area contributed by atoms with Crippen LogP contribution in [0.15, 0.2) is 42.5 Å². The van der Waals surface area contributed by atoms with Gasteiger partial charge in [-0.05, 0) is 37.1 Å². The minimum atomic E-state index is -0.287. The molecule has 2 aromatic rings. The van der Waals surface area contributed by atoms with Crippen LogP contribution in [0.5, 0.6) is 0 Å². The Morgan fingerprint density at radius 3 is 2.53 bits per heavy atom. The molecule has 3 N–H and O–H groups in total. The molecule has 0 spiro atoms. The van der Waals surface area contributed by atoms with E-state index in [2.05, 4.69) is 54.1 Å². The molecule has 1 heterocycles. The van der Waals surface area contributed by atoms with Crippen molar-refractivity contribution in [2.24, 2.45) is 0 Å². The van der Waals surface area contributed by atoms with E-state index in [1.54, 1.807) is 17.8 Å². The molecule has 3 rings (SSSR count). The molecule has 0 saturated carbocycles. The molecule has 2 aromatic carbocycles. The molecule has 2 amide bonds. The van der Waals surface area contributed by atoms with Gasteiger partial charge >= 0.3 is 0 Å². The molecular formula is C26H35N3O2S. The van der Waals surface area contributed by atoms with Crippen molar-refractivity contribution in [3.63, 3.8) is 0 Å². The van der Waals surface area contributed by atoms with Crippen LogP contribution in [0.2, 0.25) is 0 Å². The number of anilines is 2. The summed E-state index contributed by atoms with van der Waals surface area (Å²) in [5, 5.41) is 9.27. The van der Waals surface area contributed by atoms with E-state index in [1.807, 2.05) is 12.1 Å². The normalized spacial score (nSPS) is 14.9. The summed E-state index contributed by atoms with van der Waals surface area (Å²) in [6.45, 7) is 4.98. The fraction of sp³-hybridized carbons (Fsp3) is 0.462. The lowest BCUT2D eigenvalue weighted by Gasteiger charge is -2.27. The maximum absolute atomic E-state index is 12.6. The maximum Gasteiger partial charge on any atom is 0.251 e. The molecule has 0 aromatic heterocycles. The highest BCUT2D eigenvalue weighted by atomic mass is 32.2. The Labute approximate surface area is 196 Å². The number of nitrogens with one attached hydrogen (secondary N) is 3. The van der Waals surface area contributed by atoms with Gasteiger partial charge in [-0.2, -0.15) is 11.8 Å². The number of aryl methyl sites for hydroxylation is 1. The number of hydrogen-bond donors (Lipinski definition) is 3.